The molecule has 406 valence electrons. The van der Waals surface area contributed by atoms with Crippen LogP contribution in [0.2, 0.25) is 0 Å². The van der Waals surface area contributed by atoms with Crippen molar-refractivity contribution < 1.29 is 14.0 Å². The zero-order chi connectivity index (χ0) is 56.8. The smallest absolute Gasteiger partial charge is 0.453 e. The molecule has 12 nitrogen and oxygen atoms in total. The van der Waals surface area contributed by atoms with Crippen molar-refractivity contribution in [3.8, 4) is 80.1 Å². The number of aromatic nitrogens is 8. The lowest BCUT2D eigenvalue weighted by molar-refractivity contribution is -0.00868. The largest absolute Gasteiger partial charge is 0.494 e. The van der Waals surface area contributed by atoms with E-state index < -0.39 is 18.3 Å². The van der Waals surface area contributed by atoms with Gasteiger partial charge in [-0.05, 0) is 91.5 Å². The summed E-state index contributed by atoms with van der Waals surface area (Å²) in [4.78, 5) is 30.4. The molecule has 2 aliphatic rings. The Labute approximate surface area is 490 Å². The molecule has 4 aromatic heterocycles. The van der Waals surface area contributed by atoms with Crippen LogP contribution in [0, 0.1) is 0 Å². The number of ether oxygens (including phenoxy) is 1. The minimum atomic E-state index is -0.742. The first kappa shape index (κ1) is 50.2. The molecular weight excluding hydrogens is 1050 g/mol. The normalized spacial score (nSPS) is 15.3. The Balaban J connectivity index is 0.690. The predicted octanol–water partition coefficient (Wildman–Crippen LogP) is 16.0. The van der Waals surface area contributed by atoms with Gasteiger partial charge in [0.25, 0.3) is 0 Å². The van der Waals surface area contributed by atoms with Crippen LogP contribution in [0.1, 0.15) is 26.3 Å². The Bertz CT molecular complexity index is 4830. The summed E-state index contributed by atoms with van der Waals surface area (Å²) in [5, 5.41) is 8.05. The number of anilines is 2. The Hall–Kier alpha value is -10.6. The molecule has 13 heteroatoms. The predicted molar refractivity (Wildman–Crippen MR) is 339 cm³/mol. The number of benzene rings is 10. The molecule has 16 rings (SSSR count). The van der Waals surface area contributed by atoms with Gasteiger partial charge < -0.3 is 19.4 Å². The van der Waals surface area contributed by atoms with Gasteiger partial charge in [-0.3, -0.25) is 9.13 Å². The fourth-order valence-corrected chi connectivity index (χ4v) is 12.2. The third kappa shape index (κ3) is 8.62. The van der Waals surface area contributed by atoms with Gasteiger partial charge in [-0.25, -0.2) is 9.97 Å². The maximum atomic E-state index is 7.15. The SMILES string of the molecule is CC1(C)OB(c2ccc3c(c2)c2ccccc2n3-c2nc(-c3ccccc3)nc(-c3ccccc3)n2)OC1(C)Cc1cccc2c1Nc1ccc(-c3ccc4c(c3)c3ccccc3n4-c3nc(-c4ccccc4)nc(-c4ccccc4)n3)cc1O2. The lowest BCUT2D eigenvalue weighted by atomic mass is 9.78. The van der Waals surface area contributed by atoms with Crippen molar-refractivity contribution in [2.24, 2.45) is 0 Å². The first-order valence-electron chi connectivity index (χ1n) is 28.6. The average molecular weight is 1100 g/mol. The van der Waals surface area contributed by atoms with E-state index in [-0.39, 0.29) is 0 Å². The standard InChI is InChI=1S/C72H52BN9O3/c1-71(2)72(3,85-73(84-71)52-37-40-61-56(43-52)54-31-17-19-33-59(54)82(61)70-79-67(47-25-12-6-13-26-47)76-68(80-70)48-27-14-7-15-28-48)44-51-29-20-34-62-64(51)74-57-38-35-50(42-63(57)83-62)49-36-39-60-55(41-49)53-30-16-18-32-58(53)81(60)69-77-65(45-21-8-4-9-22-45)75-66(78-69)46-23-10-5-11-24-46/h4-43,74H,44H2,1-3H3. The zero-order valence-corrected chi connectivity index (χ0v) is 46.7. The second kappa shape index (κ2) is 19.8. The highest BCUT2D eigenvalue weighted by atomic mass is 16.7. The molecule has 10 aromatic carbocycles. The molecule has 14 aromatic rings. The number of hydrogen-bond acceptors (Lipinski definition) is 10. The second-order valence-electron chi connectivity index (χ2n) is 22.5. The van der Waals surface area contributed by atoms with Crippen LogP contribution in [0.4, 0.5) is 11.4 Å². The summed E-state index contributed by atoms with van der Waals surface area (Å²) in [6.07, 6.45) is 0.553. The van der Waals surface area contributed by atoms with Crippen molar-refractivity contribution in [1.29, 1.82) is 0 Å². The molecule has 85 heavy (non-hydrogen) atoms. The van der Waals surface area contributed by atoms with Crippen LogP contribution >= 0.6 is 0 Å². The molecule has 0 spiro atoms. The second-order valence-corrected chi connectivity index (χ2v) is 22.5. The highest BCUT2D eigenvalue weighted by molar-refractivity contribution is 6.62. The van der Waals surface area contributed by atoms with Gasteiger partial charge in [0, 0.05) is 50.2 Å². The fraction of sp³-hybridized carbons (Fsp3) is 0.0833. The van der Waals surface area contributed by atoms with E-state index in [9.17, 15) is 0 Å². The molecule has 1 atom stereocenters. The van der Waals surface area contributed by atoms with Crippen LogP contribution in [-0.4, -0.2) is 57.4 Å². The van der Waals surface area contributed by atoms with Gasteiger partial charge in [0.15, 0.2) is 34.8 Å². The van der Waals surface area contributed by atoms with Crippen molar-refractivity contribution in [3.63, 3.8) is 0 Å². The van der Waals surface area contributed by atoms with E-state index in [1.54, 1.807) is 0 Å². The Morgan fingerprint density at radius 3 is 1.39 bits per heavy atom. The number of fused-ring (bicyclic) bond motifs is 8. The van der Waals surface area contributed by atoms with Crippen molar-refractivity contribution in [2.75, 3.05) is 5.32 Å². The first-order valence-corrected chi connectivity index (χ1v) is 28.6. The molecule has 2 aliphatic heterocycles. The van der Waals surface area contributed by atoms with E-state index in [1.165, 1.54) is 0 Å². The van der Waals surface area contributed by atoms with Crippen LogP contribution in [0.15, 0.2) is 243 Å². The quantitative estimate of drug-likeness (QED) is 0.132. The summed E-state index contributed by atoms with van der Waals surface area (Å²) in [5.74, 6) is 4.98. The van der Waals surface area contributed by atoms with Gasteiger partial charge in [0.1, 0.15) is 0 Å². The first-order chi connectivity index (χ1) is 41.7. The Morgan fingerprint density at radius 1 is 0.388 bits per heavy atom. The van der Waals surface area contributed by atoms with E-state index in [1.807, 2.05) is 127 Å². The van der Waals surface area contributed by atoms with Crippen molar-refractivity contribution >= 4 is 67.6 Å². The van der Waals surface area contributed by atoms with Crippen molar-refractivity contribution in [2.45, 2.75) is 38.4 Å². The molecule has 6 heterocycles. The zero-order valence-electron chi connectivity index (χ0n) is 46.7. The molecular formula is C72H52BN9O3. The van der Waals surface area contributed by atoms with Crippen LogP contribution in [-0.2, 0) is 15.7 Å². The van der Waals surface area contributed by atoms with Gasteiger partial charge >= 0.3 is 7.12 Å². The number of para-hydroxylation sites is 3. The minimum absolute atomic E-state index is 0.535. The van der Waals surface area contributed by atoms with E-state index >= 15 is 0 Å². The van der Waals surface area contributed by atoms with E-state index in [2.05, 4.69) is 150 Å². The third-order valence-electron chi connectivity index (χ3n) is 16.9. The van der Waals surface area contributed by atoms with Gasteiger partial charge in [0.05, 0.1) is 44.6 Å². The highest BCUT2D eigenvalue weighted by Crippen LogP contribution is 2.49. The minimum Gasteiger partial charge on any atom is -0.453 e. The molecule has 1 fully saturated rings. The number of rotatable bonds is 10. The molecule has 0 radical (unpaired) electrons. The highest BCUT2D eigenvalue weighted by Gasteiger charge is 2.55. The van der Waals surface area contributed by atoms with Gasteiger partial charge in [0.2, 0.25) is 11.9 Å². The summed E-state index contributed by atoms with van der Waals surface area (Å²) < 4.78 is 25.2. The van der Waals surface area contributed by atoms with Crippen LogP contribution in [0.25, 0.3) is 112 Å². The summed E-state index contributed by atoms with van der Waals surface area (Å²) in [6, 6.07) is 82.7. The molecule has 0 aliphatic carbocycles. The molecule has 0 bridgehead atoms. The summed E-state index contributed by atoms with van der Waals surface area (Å²) in [6.45, 7) is 6.39. The number of hydrogen-bond donors (Lipinski definition) is 1. The van der Waals surface area contributed by atoms with Crippen LogP contribution in [0.5, 0.6) is 11.5 Å². The monoisotopic (exact) mass is 1100 g/mol. The van der Waals surface area contributed by atoms with Gasteiger partial charge in [-0.15, -0.1) is 0 Å². The van der Waals surface area contributed by atoms with E-state index in [0.717, 1.165) is 111 Å². The van der Waals surface area contributed by atoms with Crippen LogP contribution in [0.3, 0.4) is 0 Å². The van der Waals surface area contributed by atoms with Crippen molar-refractivity contribution in [1.82, 2.24) is 39.0 Å². The van der Waals surface area contributed by atoms with Crippen molar-refractivity contribution in [3.05, 3.63) is 248 Å². The fourth-order valence-electron chi connectivity index (χ4n) is 12.2. The number of nitrogens with zero attached hydrogens (tertiary/aromatic N) is 8. The van der Waals surface area contributed by atoms with E-state index in [0.29, 0.717) is 41.6 Å². The number of nitrogens with one attached hydrogen (secondary N) is 1. The molecule has 1 N–H and O–H groups in total. The average Bonchev–Trinajstić information content (AvgIpc) is 2.64. The lowest BCUT2D eigenvalue weighted by Crippen LogP contribution is -2.46. The molecule has 1 saturated heterocycles. The summed E-state index contributed by atoms with van der Waals surface area (Å²) in [7, 11) is -0.638. The molecule has 0 saturated carbocycles. The van der Waals surface area contributed by atoms with E-state index in [4.69, 9.17) is 43.9 Å². The Morgan fingerprint density at radius 2 is 0.847 bits per heavy atom. The maximum absolute atomic E-state index is 7.15. The van der Waals surface area contributed by atoms with Gasteiger partial charge in [-0.2, -0.15) is 19.9 Å². The maximum Gasteiger partial charge on any atom is 0.494 e. The van der Waals surface area contributed by atoms with Gasteiger partial charge in [-0.1, -0.05) is 194 Å². The van der Waals surface area contributed by atoms with Crippen LogP contribution < -0.4 is 15.5 Å². The molecule has 1 unspecified atom stereocenters. The summed E-state index contributed by atoms with van der Waals surface area (Å²) in [5.41, 5.74) is 12.0. The Kier molecular flexibility index (Phi) is 11.7. The molecule has 0 amide bonds. The third-order valence-corrected chi connectivity index (χ3v) is 16.9. The topological polar surface area (TPSA) is 127 Å². The lowest BCUT2D eigenvalue weighted by Gasteiger charge is -2.37. The summed E-state index contributed by atoms with van der Waals surface area (Å²) >= 11 is 0.